The lowest BCUT2D eigenvalue weighted by Crippen LogP contribution is -2.33. The standard InChI is InChI=1S/C22H26N2O6/c1-5-18(25)30-21-17(28-4)10-11-23-20(21)22(27)24-13-19(26)29-15(3)12-16-9-7-6-8-14(16)2/h6-11,15H,5,12-13H2,1-4H3,(H,24,27). The third-order valence-electron chi connectivity index (χ3n) is 4.30. The lowest BCUT2D eigenvalue weighted by molar-refractivity contribution is -0.146. The molecule has 8 nitrogen and oxygen atoms in total. The van der Waals surface area contributed by atoms with Gasteiger partial charge < -0.3 is 19.5 Å². The molecule has 0 spiro atoms. The largest absolute Gasteiger partial charge is 0.493 e. The summed E-state index contributed by atoms with van der Waals surface area (Å²) >= 11 is 0. The molecule has 1 aromatic heterocycles. The smallest absolute Gasteiger partial charge is 0.325 e. The van der Waals surface area contributed by atoms with E-state index < -0.39 is 17.8 Å². The number of carbonyl (C=O) groups excluding carboxylic acids is 3. The van der Waals surface area contributed by atoms with Crippen LogP contribution in [-0.2, 0) is 20.7 Å². The molecule has 0 aliphatic heterocycles. The molecule has 0 saturated carbocycles. The van der Waals surface area contributed by atoms with Crippen LogP contribution in [0.5, 0.6) is 11.5 Å². The first-order chi connectivity index (χ1) is 14.3. The molecule has 1 atom stereocenters. The molecule has 1 N–H and O–H groups in total. The van der Waals surface area contributed by atoms with Crippen LogP contribution in [0.3, 0.4) is 0 Å². The van der Waals surface area contributed by atoms with Gasteiger partial charge in [-0.05, 0) is 25.0 Å². The van der Waals surface area contributed by atoms with Crippen LogP contribution in [0.1, 0.15) is 41.9 Å². The molecule has 0 fully saturated rings. The summed E-state index contributed by atoms with van der Waals surface area (Å²) in [6.07, 6.45) is 1.68. The first kappa shape index (κ1) is 22.9. The fourth-order valence-corrected chi connectivity index (χ4v) is 2.73. The number of hydrogen-bond acceptors (Lipinski definition) is 7. The fraction of sp³-hybridized carbons (Fsp3) is 0.364. The van der Waals surface area contributed by atoms with E-state index in [1.54, 1.807) is 13.8 Å². The highest BCUT2D eigenvalue weighted by molar-refractivity contribution is 5.98. The van der Waals surface area contributed by atoms with Crippen molar-refractivity contribution in [3.63, 3.8) is 0 Å². The van der Waals surface area contributed by atoms with Crippen LogP contribution >= 0.6 is 0 Å². The third kappa shape index (κ3) is 6.30. The number of rotatable bonds is 9. The summed E-state index contributed by atoms with van der Waals surface area (Å²) in [6, 6.07) is 9.32. The van der Waals surface area contributed by atoms with Crippen molar-refractivity contribution in [1.82, 2.24) is 10.3 Å². The number of hydrogen-bond donors (Lipinski definition) is 1. The van der Waals surface area contributed by atoms with E-state index in [2.05, 4.69) is 10.3 Å². The Balaban J connectivity index is 1.97. The zero-order chi connectivity index (χ0) is 22.1. The highest BCUT2D eigenvalue weighted by Gasteiger charge is 2.22. The molecule has 160 valence electrons. The number of nitrogens with one attached hydrogen (secondary N) is 1. The average molecular weight is 414 g/mol. The Kier molecular flexibility index (Phi) is 8.34. The van der Waals surface area contributed by atoms with Gasteiger partial charge in [-0.25, -0.2) is 4.98 Å². The van der Waals surface area contributed by atoms with E-state index in [4.69, 9.17) is 14.2 Å². The highest BCUT2D eigenvalue weighted by atomic mass is 16.6. The van der Waals surface area contributed by atoms with Gasteiger partial charge in [0.15, 0.2) is 11.4 Å². The van der Waals surface area contributed by atoms with Gasteiger partial charge in [0.1, 0.15) is 12.6 Å². The Hall–Kier alpha value is -3.42. The SMILES string of the molecule is CCC(=O)Oc1c(OC)ccnc1C(=O)NCC(=O)OC(C)Cc1ccccc1C. The molecule has 0 radical (unpaired) electrons. The van der Waals surface area contributed by atoms with Gasteiger partial charge in [-0.15, -0.1) is 0 Å². The lowest BCUT2D eigenvalue weighted by Gasteiger charge is -2.15. The summed E-state index contributed by atoms with van der Waals surface area (Å²) in [6.45, 7) is 5.06. The molecule has 1 heterocycles. The predicted octanol–water partition coefficient (Wildman–Crippen LogP) is 2.62. The van der Waals surface area contributed by atoms with E-state index in [0.29, 0.717) is 6.42 Å². The Morgan fingerprint density at radius 1 is 1.13 bits per heavy atom. The molecule has 8 heteroatoms. The first-order valence-corrected chi connectivity index (χ1v) is 9.61. The minimum absolute atomic E-state index is 0.0920. The van der Waals surface area contributed by atoms with Crippen LogP contribution < -0.4 is 14.8 Å². The predicted molar refractivity (Wildman–Crippen MR) is 109 cm³/mol. The number of aromatic nitrogens is 1. The molecule has 1 amide bonds. The van der Waals surface area contributed by atoms with Crippen LogP contribution in [0.4, 0.5) is 0 Å². The summed E-state index contributed by atoms with van der Waals surface area (Å²) in [5.74, 6) is -1.72. The van der Waals surface area contributed by atoms with Crippen LogP contribution in [0.25, 0.3) is 0 Å². The minimum Gasteiger partial charge on any atom is -0.493 e. The maximum absolute atomic E-state index is 12.5. The summed E-state index contributed by atoms with van der Waals surface area (Å²) in [5.41, 5.74) is 2.05. The van der Waals surface area contributed by atoms with E-state index in [9.17, 15) is 14.4 Å². The number of ether oxygens (including phenoxy) is 3. The average Bonchev–Trinajstić information content (AvgIpc) is 2.73. The molecule has 0 bridgehead atoms. The van der Waals surface area contributed by atoms with Crippen LogP contribution in [0.2, 0.25) is 0 Å². The van der Waals surface area contributed by atoms with Gasteiger partial charge >= 0.3 is 11.9 Å². The van der Waals surface area contributed by atoms with Crippen LogP contribution in [0.15, 0.2) is 36.5 Å². The quantitative estimate of drug-likeness (QED) is 0.629. The van der Waals surface area contributed by atoms with Gasteiger partial charge in [0, 0.05) is 25.1 Å². The zero-order valence-corrected chi connectivity index (χ0v) is 17.6. The Labute approximate surface area is 175 Å². The fourth-order valence-electron chi connectivity index (χ4n) is 2.73. The number of amides is 1. The molecular weight excluding hydrogens is 388 g/mol. The number of nitrogens with zero attached hydrogens (tertiary/aromatic N) is 1. The molecule has 0 aliphatic rings. The molecule has 30 heavy (non-hydrogen) atoms. The maximum atomic E-state index is 12.5. The zero-order valence-electron chi connectivity index (χ0n) is 17.6. The minimum atomic E-state index is -0.684. The highest BCUT2D eigenvalue weighted by Crippen LogP contribution is 2.29. The molecule has 1 aromatic carbocycles. The molecule has 2 rings (SSSR count). The Morgan fingerprint density at radius 2 is 1.87 bits per heavy atom. The van der Waals surface area contributed by atoms with Gasteiger partial charge in [0.25, 0.3) is 5.91 Å². The van der Waals surface area contributed by atoms with E-state index in [1.165, 1.54) is 19.4 Å². The topological polar surface area (TPSA) is 104 Å². The summed E-state index contributed by atoms with van der Waals surface area (Å²) in [7, 11) is 1.38. The molecule has 1 unspecified atom stereocenters. The van der Waals surface area contributed by atoms with Crippen molar-refractivity contribution < 1.29 is 28.6 Å². The van der Waals surface area contributed by atoms with Gasteiger partial charge in [-0.2, -0.15) is 0 Å². The molecule has 0 aliphatic carbocycles. The van der Waals surface area contributed by atoms with E-state index in [-0.39, 0.29) is 36.3 Å². The van der Waals surface area contributed by atoms with Crippen molar-refractivity contribution in [3.8, 4) is 11.5 Å². The number of esters is 2. The Morgan fingerprint density at radius 3 is 2.53 bits per heavy atom. The van der Waals surface area contributed by atoms with Crippen molar-refractivity contribution in [2.75, 3.05) is 13.7 Å². The molecule has 0 saturated heterocycles. The lowest BCUT2D eigenvalue weighted by atomic mass is 10.0. The summed E-state index contributed by atoms with van der Waals surface area (Å²) in [4.78, 5) is 40.3. The van der Waals surface area contributed by atoms with Crippen LogP contribution in [0, 0.1) is 6.92 Å². The summed E-state index contributed by atoms with van der Waals surface area (Å²) < 4.78 is 15.7. The second-order valence-corrected chi connectivity index (χ2v) is 6.63. The van der Waals surface area contributed by atoms with E-state index in [0.717, 1.165) is 11.1 Å². The molecular formula is C22H26N2O6. The normalized spacial score (nSPS) is 11.3. The van der Waals surface area contributed by atoms with Gasteiger partial charge in [-0.3, -0.25) is 14.4 Å². The number of benzene rings is 1. The van der Waals surface area contributed by atoms with Gasteiger partial charge in [-0.1, -0.05) is 31.2 Å². The Bertz CT molecular complexity index is 912. The maximum Gasteiger partial charge on any atom is 0.325 e. The van der Waals surface area contributed by atoms with Gasteiger partial charge in [0.05, 0.1) is 7.11 Å². The number of aryl methyl sites for hydroxylation is 1. The second kappa shape index (κ2) is 10.9. The second-order valence-electron chi connectivity index (χ2n) is 6.63. The van der Waals surface area contributed by atoms with Crippen molar-refractivity contribution in [1.29, 1.82) is 0 Å². The monoisotopic (exact) mass is 414 g/mol. The summed E-state index contributed by atoms with van der Waals surface area (Å²) in [5, 5.41) is 2.44. The van der Waals surface area contributed by atoms with Crippen LogP contribution in [-0.4, -0.2) is 42.6 Å². The van der Waals surface area contributed by atoms with Crippen molar-refractivity contribution in [2.24, 2.45) is 0 Å². The first-order valence-electron chi connectivity index (χ1n) is 9.61. The van der Waals surface area contributed by atoms with Gasteiger partial charge in [0.2, 0.25) is 5.75 Å². The third-order valence-corrected chi connectivity index (χ3v) is 4.30. The number of pyridine rings is 1. The van der Waals surface area contributed by atoms with Crippen molar-refractivity contribution in [3.05, 3.63) is 53.3 Å². The van der Waals surface area contributed by atoms with Crippen molar-refractivity contribution in [2.45, 2.75) is 39.7 Å². The molecule has 2 aromatic rings. The van der Waals surface area contributed by atoms with E-state index in [1.807, 2.05) is 31.2 Å². The van der Waals surface area contributed by atoms with E-state index >= 15 is 0 Å². The number of carbonyl (C=O) groups is 3. The van der Waals surface area contributed by atoms with Crippen molar-refractivity contribution >= 4 is 17.8 Å². The number of methoxy groups -OCH3 is 1.